The molecule has 0 amide bonds. The summed E-state index contributed by atoms with van der Waals surface area (Å²) in [4.78, 5) is 2.57. The van der Waals surface area contributed by atoms with E-state index in [0.717, 1.165) is 13.1 Å². The third-order valence-electron chi connectivity index (χ3n) is 4.40. The maximum absolute atomic E-state index is 3.56. The van der Waals surface area contributed by atoms with E-state index in [4.69, 9.17) is 0 Å². The summed E-state index contributed by atoms with van der Waals surface area (Å²) in [7, 11) is 0. The van der Waals surface area contributed by atoms with Gasteiger partial charge in [0.05, 0.1) is 0 Å². The van der Waals surface area contributed by atoms with E-state index in [9.17, 15) is 0 Å². The normalized spacial score (nSPS) is 15.3. The highest BCUT2D eigenvalue weighted by Gasteiger charge is 2.12. The quantitative estimate of drug-likeness (QED) is 0.922. The van der Waals surface area contributed by atoms with Gasteiger partial charge in [-0.15, -0.1) is 0 Å². The van der Waals surface area contributed by atoms with Crippen LogP contribution in [-0.4, -0.2) is 31.1 Å². The molecular weight excluding hydrogens is 256 g/mol. The number of hydrogen-bond acceptors (Lipinski definition) is 2. The molecule has 1 aliphatic rings. The molecule has 0 aromatic heterocycles. The van der Waals surface area contributed by atoms with Crippen molar-refractivity contribution in [3.05, 3.63) is 65.2 Å². The van der Waals surface area contributed by atoms with Crippen LogP contribution in [0.25, 0.3) is 0 Å². The van der Waals surface area contributed by atoms with Crippen molar-refractivity contribution in [2.45, 2.75) is 19.8 Å². The van der Waals surface area contributed by atoms with Gasteiger partial charge < -0.3 is 10.2 Å². The highest BCUT2D eigenvalue weighted by molar-refractivity contribution is 5.50. The number of aryl methyl sites for hydroxylation is 1. The van der Waals surface area contributed by atoms with Gasteiger partial charge in [0.1, 0.15) is 0 Å². The lowest BCUT2D eigenvalue weighted by Gasteiger charge is -2.20. The molecule has 0 radical (unpaired) electrons. The summed E-state index contributed by atoms with van der Waals surface area (Å²) in [5.74, 6) is 0. The number of benzene rings is 2. The molecule has 0 unspecified atom stereocenters. The zero-order chi connectivity index (χ0) is 14.5. The van der Waals surface area contributed by atoms with Crippen molar-refractivity contribution in [1.29, 1.82) is 0 Å². The fraction of sp³-hybridized carbons (Fsp3) is 0.368. The SMILES string of the molecule is Cc1ccccc1NCCN1CCc2ccccc2CC1. The van der Waals surface area contributed by atoms with Crippen molar-refractivity contribution < 1.29 is 0 Å². The van der Waals surface area contributed by atoms with Gasteiger partial charge in [0, 0.05) is 31.9 Å². The van der Waals surface area contributed by atoms with Crippen molar-refractivity contribution in [3.63, 3.8) is 0 Å². The molecule has 110 valence electrons. The summed E-state index contributed by atoms with van der Waals surface area (Å²) in [5, 5.41) is 3.56. The van der Waals surface area contributed by atoms with E-state index in [1.807, 2.05) is 0 Å². The van der Waals surface area contributed by atoms with Gasteiger partial charge in [0.2, 0.25) is 0 Å². The molecule has 0 aliphatic carbocycles. The van der Waals surface area contributed by atoms with Crippen LogP contribution in [0.15, 0.2) is 48.5 Å². The van der Waals surface area contributed by atoms with Crippen LogP contribution < -0.4 is 5.32 Å². The molecule has 1 heterocycles. The molecule has 0 bridgehead atoms. The molecule has 3 rings (SSSR count). The molecule has 0 fully saturated rings. The third kappa shape index (κ3) is 3.64. The van der Waals surface area contributed by atoms with Crippen LogP contribution in [0.2, 0.25) is 0 Å². The van der Waals surface area contributed by atoms with Gasteiger partial charge in [0.15, 0.2) is 0 Å². The van der Waals surface area contributed by atoms with Gasteiger partial charge in [-0.05, 0) is 42.5 Å². The highest BCUT2D eigenvalue weighted by Crippen LogP contribution is 2.16. The number of fused-ring (bicyclic) bond motifs is 1. The van der Waals surface area contributed by atoms with E-state index in [-0.39, 0.29) is 0 Å². The monoisotopic (exact) mass is 280 g/mol. The van der Waals surface area contributed by atoms with Crippen LogP contribution >= 0.6 is 0 Å². The summed E-state index contributed by atoms with van der Waals surface area (Å²) in [6, 6.07) is 17.4. The van der Waals surface area contributed by atoms with Crippen molar-refractivity contribution in [2.24, 2.45) is 0 Å². The number of para-hydroxylation sites is 1. The molecule has 0 atom stereocenters. The number of nitrogens with zero attached hydrogens (tertiary/aromatic N) is 1. The molecule has 0 saturated heterocycles. The first-order valence-electron chi connectivity index (χ1n) is 7.91. The maximum Gasteiger partial charge on any atom is 0.0370 e. The van der Waals surface area contributed by atoms with E-state index in [1.165, 1.54) is 48.3 Å². The Morgan fingerprint density at radius 3 is 2.19 bits per heavy atom. The molecular formula is C19H24N2. The first-order valence-corrected chi connectivity index (χ1v) is 7.91. The molecule has 2 aromatic rings. The lowest BCUT2D eigenvalue weighted by molar-refractivity contribution is 0.298. The molecule has 2 nitrogen and oxygen atoms in total. The van der Waals surface area contributed by atoms with E-state index in [0.29, 0.717) is 0 Å². The minimum Gasteiger partial charge on any atom is -0.384 e. The number of nitrogens with one attached hydrogen (secondary N) is 1. The second-order valence-corrected chi connectivity index (χ2v) is 5.85. The van der Waals surface area contributed by atoms with E-state index >= 15 is 0 Å². The van der Waals surface area contributed by atoms with Crippen molar-refractivity contribution in [1.82, 2.24) is 4.90 Å². The molecule has 1 aliphatic heterocycles. The van der Waals surface area contributed by atoms with Crippen LogP contribution in [0.5, 0.6) is 0 Å². The van der Waals surface area contributed by atoms with Crippen LogP contribution in [0, 0.1) is 6.92 Å². The van der Waals surface area contributed by atoms with E-state index in [1.54, 1.807) is 0 Å². The van der Waals surface area contributed by atoms with Gasteiger partial charge >= 0.3 is 0 Å². The summed E-state index contributed by atoms with van der Waals surface area (Å²) in [6.45, 7) is 6.63. The Kier molecular flexibility index (Phi) is 4.56. The highest BCUT2D eigenvalue weighted by atomic mass is 15.1. The number of rotatable bonds is 4. The van der Waals surface area contributed by atoms with Gasteiger partial charge in [-0.2, -0.15) is 0 Å². The van der Waals surface area contributed by atoms with Gasteiger partial charge in [-0.1, -0.05) is 42.5 Å². The maximum atomic E-state index is 3.56. The van der Waals surface area contributed by atoms with Crippen LogP contribution in [-0.2, 0) is 12.8 Å². The Balaban J connectivity index is 1.50. The molecule has 0 saturated carbocycles. The average Bonchev–Trinajstić information content (AvgIpc) is 2.72. The first-order chi connectivity index (χ1) is 10.3. The second-order valence-electron chi connectivity index (χ2n) is 5.85. The zero-order valence-corrected chi connectivity index (χ0v) is 12.8. The first kappa shape index (κ1) is 14.2. The summed E-state index contributed by atoms with van der Waals surface area (Å²) < 4.78 is 0. The van der Waals surface area contributed by atoms with Crippen molar-refractivity contribution >= 4 is 5.69 Å². The van der Waals surface area contributed by atoms with Gasteiger partial charge in [-0.25, -0.2) is 0 Å². The van der Waals surface area contributed by atoms with Crippen LogP contribution in [0.3, 0.4) is 0 Å². The average molecular weight is 280 g/mol. The van der Waals surface area contributed by atoms with Crippen LogP contribution in [0.1, 0.15) is 16.7 Å². The Bertz CT molecular complexity index is 565. The second kappa shape index (κ2) is 6.77. The standard InChI is InChI=1S/C19H24N2/c1-16-6-2-5-9-19(16)20-12-15-21-13-10-17-7-3-4-8-18(17)11-14-21/h2-9,20H,10-15H2,1H3. The fourth-order valence-corrected chi connectivity index (χ4v) is 3.06. The molecule has 21 heavy (non-hydrogen) atoms. The summed E-state index contributed by atoms with van der Waals surface area (Å²) in [5.41, 5.74) is 5.65. The Morgan fingerprint density at radius 1 is 0.905 bits per heavy atom. The Labute approximate surface area is 127 Å². The van der Waals surface area contributed by atoms with Crippen LogP contribution in [0.4, 0.5) is 5.69 Å². The predicted octanol–water partition coefficient (Wildman–Crippen LogP) is 3.51. The molecule has 2 heteroatoms. The summed E-state index contributed by atoms with van der Waals surface area (Å²) in [6.07, 6.45) is 2.36. The fourth-order valence-electron chi connectivity index (χ4n) is 3.06. The minimum atomic E-state index is 1.02. The Hall–Kier alpha value is -1.80. The largest absolute Gasteiger partial charge is 0.384 e. The molecule has 1 N–H and O–H groups in total. The van der Waals surface area contributed by atoms with Crippen molar-refractivity contribution in [2.75, 3.05) is 31.5 Å². The topological polar surface area (TPSA) is 15.3 Å². The predicted molar refractivity (Wildman–Crippen MR) is 90.0 cm³/mol. The molecule has 0 spiro atoms. The summed E-state index contributed by atoms with van der Waals surface area (Å²) >= 11 is 0. The zero-order valence-electron chi connectivity index (χ0n) is 12.8. The minimum absolute atomic E-state index is 1.02. The number of hydrogen-bond donors (Lipinski definition) is 1. The third-order valence-corrected chi connectivity index (χ3v) is 4.40. The smallest absolute Gasteiger partial charge is 0.0370 e. The van der Waals surface area contributed by atoms with Crippen molar-refractivity contribution in [3.8, 4) is 0 Å². The lowest BCUT2D eigenvalue weighted by atomic mass is 10.0. The Morgan fingerprint density at radius 2 is 1.52 bits per heavy atom. The van der Waals surface area contributed by atoms with E-state index in [2.05, 4.69) is 65.7 Å². The lowest BCUT2D eigenvalue weighted by Crippen LogP contribution is -2.31. The van der Waals surface area contributed by atoms with Gasteiger partial charge in [-0.3, -0.25) is 0 Å². The molecule has 2 aromatic carbocycles. The van der Waals surface area contributed by atoms with E-state index < -0.39 is 0 Å². The van der Waals surface area contributed by atoms with Gasteiger partial charge in [0.25, 0.3) is 0 Å². The number of anilines is 1.